The molecule has 1 unspecified atom stereocenters. The molecule has 1 fully saturated rings. The highest BCUT2D eigenvalue weighted by molar-refractivity contribution is 7.91. The van der Waals surface area contributed by atoms with Crippen LogP contribution in [0.4, 0.5) is 0 Å². The summed E-state index contributed by atoms with van der Waals surface area (Å²) in [6.45, 7) is 1.50. The second kappa shape index (κ2) is 8.44. The number of benzene rings is 1. The standard InChI is InChI=1S/C20H29N3O3S/c1-22(2)11-5-12-23(17-10-13-27(25,26)15-17)20(24)9-8-16-14-21-19-7-4-3-6-18(16)19/h3-4,6-7,14,17,21H,5,8-13,15H2,1-2H3. The van der Waals surface area contributed by atoms with Crippen LogP contribution in [0.2, 0.25) is 0 Å². The first-order valence-corrected chi connectivity index (χ1v) is 11.4. The number of fused-ring (bicyclic) bond motifs is 1. The van der Waals surface area contributed by atoms with Crippen LogP contribution in [-0.4, -0.2) is 73.8 Å². The number of aryl methyl sites for hydroxylation is 1. The van der Waals surface area contributed by atoms with Crippen LogP contribution >= 0.6 is 0 Å². The number of para-hydroxylation sites is 1. The van der Waals surface area contributed by atoms with Crippen LogP contribution in [-0.2, 0) is 21.1 Å². The lowest BCUT2D eigenvalue weighted by atomic mass is 10.1. The van der Waals surface area contributed by atoms with E-state index in [2.05, 4.69) is 16.0 Å². The van der Waals surface area contributed by atoms with Gasteiger partial charge in [-0.3, -0.25) is 4.79 Å². The van der Waals surface area contributed by atoms with Crippen LogP contribution in [0.15, 0.2) is 30.5 Å². The summed E-state index contributed by atoms with van der Waals surface area (Å²) in [5.41, 5.74) is 2.20. The Morgan fingerprint density at radius 1 is 1.22 bits per heavy atom. The molecule has 0 spiro atoms. The minimum atomic E-state index is -3.01. The first-order chi connectivity index (χ1) is 12.9. The Bertz CT molecular complexity index is 889. The SMILES string of the molecule is CN(C)CCCN(C(=O)CCc1c[nH]c2ccccc12)C1CCS(=O)(=O)C1. The van der Waals surface area contributed by atoms with E-state index in [0.717, 1.165) is 29.4 Å². The molecule has 0 bridgehead atoms. The Morgan fingerprint density at radius 3 is 2.70 bits per heavy atom. The van der Waals surface area contributed by atoms with Crippen molar-refractivity contribution in [1.29, 1.82) is 0 Å². The van der Waals surface area contributed by atoms with Crippen LogP contribution in [0.5, 0.6) is 0 Å². The summed E-state index contributed by atoms with van der Waals surface area (Å²) in [7, 11) is 0.995. The Hall–Kier alpha value is -1.86. The smallest absolute Gasteiger partial charge is 0.223 e. The van der Waals surface area contributed by atoms with Crippen molar-refractivity contribution in [2.75, 3.05) is 38.7 Å². The van der Waals surface area contributed by atoms with Crippen molar-refractivity contribution in [3.05, 3.63) is 36.0 Å². The third kappa shape index (κ3) is 5.11. The Labute approximate surface area is 161 Å². The van der Waals surface area contributed by atoms with E-state index in [1.165, 1.54) is 0 Å². The van der Waals surface area contributed by atoms with Gasteiger partial charge >= 0.3 is 0 Å². The van der Waals surface area contributed by atoms with Gasteiger partial charge in [0.05, 0.1) is 11.5 Å². The molecule has 0 radical (unpaired) electrons. The van der Waals surface area contributed by atoms with Gasteiger partial charge < -0.3 is 14.8 Å². The number of rotatable bonds is 8. The van der Waals surface area contributed by atoms with Gasteiger partial charge in [0.2, 0.25) is 5.91 Å². The number of aromatic amines is 1. The number of sulfone groups is 1. The number of nitrogens with zero attached hydrogens (tertiary/aromatic N) is 2. The van der Waals surface area contributed by atoms with Crippen LogP contribution in [0.25, 0.3) is 10.9 Å². The fraction of sp³-hybridized carbons (Fsp3) is 0.550. The van der Waals surface area contributed by atoms with Gasteiger partial charge in [0.25, 0.3) is 0 Å². The normalized spacial score (nSPS) is 19.0. The van der Waals surface area contributed by atoms with Crippen molar-refractivity contribution in [2.45, 2.75) is 31.7 Å². The molecule has 1 aliphatic heterocycles. The molecule has 1 amide bonds. The number of nitrogens with one attached hydrogen (secondary N) is 1. The Balaban J connectivity index is 1.66. The Kier molecular flexibility index (Phi) is 6.22. The second-order valence-corrected chi connectivity index (χ2v) is 9.89. The van der Waals surface area contributed by atoms with E-state index in [0.29, 0.717) is 25.8 Å². The summed E-state index contributed by atoms with van der Waals surface area (Å²) >= 11 is 0. The molecule has 3 rings (SSSR count). The highest BCUT2D eigenvalue weighted by atomic mass is 32.2. The highest BCUT2D eigenvalue weighted by Gasteiger charge is 2.34. The second-order valence-electron chi connectivity index (χ2n) is 7.66. The predicted octanol–water partition coefficient (Wildman–Crippen LogP) is 2.07. The van der Waals surface area contributed by atoms with E-state index in [4.69, 9.17) is 0 Å². The average molecular weight is 392 g/mol. The van der Waals surface area contributed by atoms with Crippen LogP contribution in [0.1, 0.15) is 24.8 Å². The third-order valence-corrected chi connectivity index (χ3v) is 7.01. The predicted molar refractivity (Wildman–Crippen MR) is 109 cm³/mol. The molecular weight excluding hydrogens is 362 g/mol. The van der Waals surface area contributed by atoms with Crippen molar-refractivity contribution in [3.8, 4) is 0 Å². The third-order valence-electron chi connectivity index (χ3n) is 5.26. The van der Waals surface area contributed by atoms with Gasteiger partial charge in [0.15, 0.2) is 9.84 Å². The van der Waals surface area contributed by atoms with E-state index in [9.17, 15) is 13.2 Å². The van der Waals surface area contributed by atoms with Gasteiger partial charge in [0.1, 0.15) is 0 Å². The molecule has 148 valence electrons. The first kappa shape index (κ1) is 19.9. The lowest BCUT2D eigenvalue weighted by molar-refractivity contribution is -0.133. The number of H-pyrrole nitrogens is 1. The molecule has 27 heavy (non-hydrogen) atoms. The van der Waals surface area contributed by atoms with Crippen LogP contribution < -0.4 is 0 Å². The number of amides is 1. The van der Waals surface area contributed by atoms with E-state index in [1.807, 2.05) is 43.4 Å². The minimum Gasteiger partial charge on any atom is -0.361 e. The molecule has 7 heteroatoms. The number of hydrogen-bond donors (Lipinski definition) is 1. The Morgan fingerprint density at radius 2 is 2.00 bits per heavy atom. The molecule has 2 heterocycles. The molecule has 0 aliphatic carbocycles. The zero-order valence-corrected chi connectivity index (χ0v) is 17.0. The zero-order valence-electron chi connectivity index (χ0n) is 16.1. The monoisotopic (exact) mass is 391 g/mol. The van der Waals surface area contributed by atoms with Gasteiger partial charge in [-0.2, -0.15) is 0 Å². The van der Waals surface area contributed by atoms with Gasteiger partial charge in [-0.1, -0.05) is 18.2 Å². The van der Waals surface area contributed by atoms with Crippen LogP contribution in [0.3, 0.4) is 0 Å². The molecule has 1 aliphatic rings. The topological polar surface area (TPSA) is 73.5 Å². The molecule has 6 nitrogen and oxygen atoms in total. The molecule has 1 aromatic carbocycles. The largest absolute Gasteiger partial charge is 0.361 e. The van der Waals surface area contributed by atoms with Gasteiger partial charge in [0, 0.05) is 36.1 Å². The first-order valence-electron chi connectivity index (χ1n) is 9.55. The number of hydrogen-bond acceptors (Lipinski definition) is 4. The van der Waals surface area contributed by atoms with Crippen LogP contribution in [0, 0.1) is 0 Å². The number of aromatic nitrogens is 1. The van der Waals surface area contributed by atoms with Gasteiger partial charge in [-0.15, -0.1) is 0 Å². The quantitative estimate of drug-likeness (QED) is 0.748. The van der Waals surface area contributed by atoms with E-state index in [1.54, 1.807) is 0 Å². The molecule has 1 atom stereocenters. The summed E-state index contributed by atoms with van der Waals surface area (Å²) in [6.07, 6.45) is 4.44. The summed E-state index contributed by atoms with van der Waals surface area (Å²) in [4.78, 5) is 20.1. The average Bonchev–Trinajstić information content (AvgIpc) is 3.19. The molecule has 2 aromatic rings. The van der Waals surface area contributed by atoms with E-state index in [-0.39, 0.29) is 23.5 Å². The minimum absolute atomic E-state index is 0.0566. The summed E-state index contributed by atoms with van der Waals surface area (Å²) < 4.78 is 23.8. The summed E-state index contributed by atoms with van der Waals surface area (Å²) in [6, 6.07) is 7.90. The zero-order chi connectivity index (χ0) is 19.4. The lowest BCUT2D eigenvalue weighted by Crippen LogP contribution is -2.42. The van der Waals surface area contributed by atoms with E-state index < -0.39 is 9.84 Å². The molecule has 1 saturated heterocycles. The maximum absolute atomic E-state index is 13.0. The van der Waals surface area contributed by atoms with Gasteiger partial charge in [-0.25, -0.2) is 8.42 Å². The van der Waals surface area contributed by atoms with Gasteiger partial charge in [-0.05, 0) is 51.5 Å². The fourth-order valence-electron chi connectivity index (χ4n) is 3.81. The maximum atomic E-state index is 13.0. The number of carbonyl (C=O) groups is 1. The lowest BCUT2D eigenvalue weighted by Gasteiger charge is -2.29. The van der Waals surface area contributed by atoms with Crippen molar-refractivity contribution >= 4 is 26.6 Å². The summed E-state index contributed by atoms with van der Waals surface area (Å²) in [5, 5.41) is 1.15. The van der Waals surface area contributed by atoms with E-state index >= 15 is 0 Å². The molecule has 1 N–H and O–H groups in total. The van der Waals surface area contributed by atoms with Crippen molar-refractivity contribution in [2.24, 2.45) is 0 Å². The fourth-order valence-corrected chi connectivity index (χ4v) is 5.54. The molecular formula is C20H29N3O3S. The highest BCUT2D eigenvalue weighted by Crippen LogP contribution is 2.22. The summed E-state index contributed by atoms with van der Waals surface area (Å²) in [5.74, 6) is 0.354. The maximum Gasteiger partial charge on any atom is 0.223 e. The van der Waals surface area contributed by atoms with Crippen molar-refractivity contribution in [3.63, 3.8) is 0 Å². The van der Waals surface area contributed by atoms with Crippen molar-refractivity contribution < 1.29 is 13.2 Å². The number of carbonyl (C=O) groups excluding carboxylic acids is 1. The molecule has 1 aromatic heterocycles. The van der Waals surface area contributed by atoms with Crippen molar-refractivity contribution in [1.82, 2.24) is 14.8 Å². The molecule has 0 saturated carbocycles.